The van der Waals surface area contributed by atoms with Crippen molar-refractivity contribution in [3.63, 3.8) is 0 Å². The van der Waals surface area contributed by atoms with Crippen molar-refractivity contribution in [2.24, 2.45) is 5.73 Å². The third-order valence-corrected chi connectivity index (χ3v) is 2.78. The Morgan fingerprint density at radius 3 is 2.65 bits per heavy atom. The molecule has 0 fully saturated rings. The van der Waals surface area contributed by atoms with Gasteiger partial charge in [-0.05, 0) is 19.4 Å². The normalized spacial score (nSPS) is 13.9. The van der Waals surface area contributed by atoms with Gasteiger partial charge in [-0.25, -0.2) is 4.39 Å². The van der Waals surface area contributed by atoms with Gasteiger partial charge in [-0.15, -0.1) is 12.4 Å². The third kappa shape index (κ3) is 4.62. The predicted molar refractivity (Wildman–Crippen MR) is 70.8 cm³/mol. The number of nitrogens with two attached hydrogens (primary N) is 1. The lowest BCUT2D eigenvalue weighted by Gasteiger charge is -2.19. The summed E-state index contributed by atoms with van der Waals surface area (Å²) in [7, 11) is 0. The Balaban J connectivity index is 0.00000256. The van der Waals surface area contributed by atoms with Crippen LogP contribution in [0.3, 0.4) is 0 Å². The molecular formula is C13H21ClFNO. The molecule has 1 rings (SSSR count). The molecule has 0 aromatic heterocycles. The van der Waals surface area contributed by atoms with E-state index in [-0.39, 0.29) is 18.2 Å². The Bertz CT molecular complexity index is 346. The van der Waals surface area contributed by atoms with E-state index in [1.165, 1.54) is 6.07 Å². The first-order valence-corrected chi connectivity index (χ1v) is 5.76. The fourth-order valence-corrected chi connectivity index (χ4v) is 1.72. The van der Waals surface area contributed by atoms with Gasteiger partial charge in [-0.1, -0.05) is 37.5 Å². The van der Waals surface area contributed by atoms with Gasteiger partial charge in [-0.3, -0.25) is 0 Å². The lowest BCUT2D eigenvalue weighted by atomic mass is 9.97. The molecule has 2 nitrogen and oxygen atoms in total. The largest absolute Gasteiger partial charge is 0.391 e. The number of aryl methyl sites for hydroxylation is 1. The van der Waals surface area contributed by atoms with E-state index in [2.05, 4.69) is 0 Å². The lowest BCUT2D eigenvalue weighted by Crippen LogP contribution is -2.27. The summed E-state index contributed by atoms with van der Waals surface area (Å²) >= 11 is 0. The molecule has 0 aliphatic carbocycles. The zero-order chi connectivity index (χ0) is 12.1. The highest BCUT2D eigenvalue weighted by atomic mass is 35.5. The molecule has 98 valence electrons. The molecule has 0 amide bonds. The second-order valence-corrected chi connectivity index (χ2v) is 4.26. The molecule has 1 aromatic rings. The van der Waals surface area contributed by atoms with Crippen molar-refractivity contribution < 1.29 is 9.50 Å². The Kier molecular flexibility index (Phi) is 7.35. The molecule has 3 N–H and O–H groups in total. The van der Waals surface area contributed by atoms with Crippen LogP contribution in [0.5, 0.6) is 0 Å². The Labute approximate surface area is 108 Å². The van der Waals surface area contributed by atoms with Gasteiger partial charge in [0.2, 0.25) is 0 Å². The van der Waals surface area contributed by atoms with Gasteiger partial charge in [0.05, 0.1) is 12.1 Å². The minimum absolute atomic E-state index is 0. The van der Waals surface area contributed by atoms with Crippen molar-refractivity contribution in [3.05, 3.63) is 35.1 Å². The van der Waals surface area contributed by atoms with Crippen LogP contribution < -0.4 is 5.73 Å². The molecule has 0 bridgehead atoms. The standard InChI is InChI=1S/C13H20FNO.ClH/c1-3-4-5-12(16)13(15)10-8-9(2)6-7-11(10)14;/h6-8,12-13,16H,3-5,15H2,1-2H3;1H/t12-,13+;/m0./s1. The van der Waals surface area contributed by atoms with E-state index in [0.29, 0.717) is 12.0 Å². The number of aliphatic hydroxyl groups is 1. The SMILES string of the molecule is CCCC[C@H](O)[C@H](N)c1cc(C)ccc1F.Cl. The van der Waals surface area contributed by atoms with Crippen LogP contribution in [0.15, 0.2) is 18.2 Å². The van der Waals surface area contributed by atoms with Gasteiger partial charge < -0.3 is 10.8 Å². The van der Waals surface area contributed by atoms with Crippen molar-refractivity contribution in [1.29, 1.82) is 0 Å². The number of halogens is 2. The number of unbranched alkanes of at least 4 members (excludes halogenated alkanes) is 1. The molecule has 2 atom stereocenters. The van der Waals surface area contributed by atoms with Crippen molar-refractivity contribution in [2.75, 3.05) is 0 Å². The zero-order valence-electron chi connectivity index (χ0n) is 10.3. The second kappa shape index (κ2) is 7.64. The number of hydrogen-bond donors (Lipinski definition) is 2. The Morgan fingerprint density at radius 1 is 1.41 bits per heavy atom. The Morgan fingerprint density at radius 2 is 2.06 bits per heavy atom. The van der Waals surface area contributed by atoms with Crippen LogP contribution in [0.1, 0.15) is 43.4 Å². The summed E-state index contributed by atoms with van der Waals surface area (Å²) in [5, 5.41) is 9.83. The molecule has 4 heteroatoms. The first kappa shape index (κ1) is 16.4. The van der Waals surface area contributed by atoms with Crippen LogP contribution >= 0.6 is 12.4 Å². The number of hydrogen-bond acceptors (Lipinski definition) is 2. The van der Waals surface area contributed by atoms with Crippen LogP contribution in [0.25, 0.3) is 0 Å². The van der Waals surface area contributed by atoms with E-state index in [9.17, 15) is 9.50 Å². The molecule has 0 heterocycles. The highest BCUT2D eigenvalue weighted by Crippen LogP contribution is 2.22. The van der Waals surface area contributed by atoms with Crippen LogP contribution in [-0.2, 0) is 0 Å². The summed E-state index contributed by atoms with van der Waals surface area (Å²) in [5.41, 5.74) is 7.22. The molecule has 0 unspecified atom stereocenters. The number of aliphatic hydroxyl groups excluding tert-OH is 1. The predicted octanol–water partition coefficient (Wildman–Crippen LogP) is 3.11. The van der Waals surface area contributed by atoms with Crippen LogP contribution in [0, 0.1) is 12.7 Å². The van der Waals surface area contributed by atoms with E-state index >= 15 is 0 Å². The quantitative estimate of drug-likeness (QED) is 0.856. The van der Waals surface area contributed by atoms with E-state index in [4.69, 9.17) is 5.73 Å². The minimum Gasteiger partial charge on any atom is -0.391 e. The Hall–Kier alpha value is -0.640. The fourth-order valence-electron chi connectivity index (χ4n) is 1.72. The highest BCUT2D eigenvalue weighted by molar-refractivity contribution is 5.85. The van der Waals surface area contributed by atoms with Gasteiger partial charge >= 0.3 is 0 Å². The first-order valence-electron chi connectivity index (χ1n) is 5.76. The summed E-state index contributed by atoms with van der Waals surface area (Å²) < 4.78 is 13.5. The van der Waals surface area contributed by atoms with E-state index in [1.807, 2.05) is 13.8 Å². The smallest absolute Gasteiger partial charge is 0.128 e. The molecule has 0 saturated carbocycles. The summed E-state index contributed by atoms with van der Waals surface area (Å²) in [5.74, 6) is -0.339. The van der Waals surface area contributed by atoms with Gasteiger partial charge in [0.1, 0.15) is 5.82 Å². The van der Waals surface area contributed by atoms with Crippen LogP contribution in [0.2, 0.25) is 0 Å². The van der Waals surface area contributed by atoms with Crippen molar-refractivity contribution in [3.8, 4) is 0 Å². The number of rotatable bonds is 5. The molecule has 0 spiro atoms. The first-order chi connectivity index (χ1) is 7.56. The molecular weight excluding hydrogens is 241 g/mol. The van der Waals surface area contributed by atoms with Gasteiger partial charge in [0.25, 0.3) is 0 Å². The van der Waals surface area contributed by atoms with Crippen molar-refractivity contribution in [1.82, 2.24) is 0 Å². The van der Waals surface area contributed by atoms with Gasteiger partial charge in [-0.2, -0.15) is 0 Å². The lowest BCUT2D eigenvalue weighted by molar-refractivity contribution is 0.131. The highest BCUT2D eigenvalue weighted by Gasteiger charge is 2.19. The topological polar surface area (TPSA) is 46.2 Å². The molecule has 0 aliphatic rings. The van der Waals surface area contributed by atoms with Gasteiger partial charge in [0, 0.05) is 5.56 Å². The maximum atomic E-state index is 13.5. The molecule has 0 aliphatic heterocycles. The van der Waals surface area contributed by atoms with Crippen molar-refractivity contribution in [2.45, 2.75) is 45.3 Å². The van der Waals surface area contributed by atoms with Crippen molar-refractivity contribution >= 4 is 12.4 Å². The number of benzene rings is 1. The summed E-state index contributed by atoms with van der Waals surface area (Å²) in [6, 6.07) is 4.17. The second-order valence-electron chi connectivity index (χ2n) is 4.26. The van der Waals surface area contributed by atoms with Crippen LogP contribution in [0.4, 0.5) is 4.39 Å². The summed E-state index contributed by atoms with van der Waals surface area (Å²) in [6.07, 6.45) is 1.85. The maximum absolute atomic E-state index is 13.5. The summed E-state index contributed by atoms with van der Waals surface area (Å²) in [4.78, 5) is 0. The van der Waals surface area contributed by atoms with Crippen LogP contribution in [-0.4, -0.2) is 11.2 Å². The molecule has 0 radical (unpaired) electrons. The fraction of sp³-hybridized carbons (Fsp3) is 0.538. The average molecular weight is 262 g/mol. The van der Waals surface area contributed by atoms with E-state index < -0.39 is 12.1 Å². The van der Waals surface area contributed by atoms with E-state index in [1.54, 1.807) is 12.1 Å². The maximum Gasteiger partial charge on any atom is 0.128 e. The third-order valence-electron chi connectivity index (χ3n) is 2.78. The summed E-state index contributed by atoms with van der Waals surface area (Å²) in [6.45, 7) is 3.93. The molecule has 1 aromatic carbocycles. The van der Waals surface area contributed by atoms with Gasteiger partial charge in [0.15, 0.2) is 0 Å². The monoisotopic (exact) mass is 261 g/mol. The average Bonchev–Trinajstić information content (AvgIpc) is 2.28. The zero-order valence-corrected chi connectivity index (χ0v) is 11.1. The molecule has 17 heavy (non-hydrogen) atoms. The van der Waals surface area contributed by atoms with E-state index in [0.717, 1.165) is 18.4 Å². The minimum atomic E-state index is -0.670. The molecule has 0 saturated heterocycles.